The van der Waals surface area contributed by atoms with Gasteiger partial charge in [-0.25, -0.2) is 0 Å². The van der Waals surface area contributed by atoms with Crippen LogP contribution >= 0.6 is 0 Å². The van der Waals surface area contributed by atoms with Gasteiger partial charge in [0.15, 0.2) is 0 Å². The summed E-state index contributed by atoms with van der Waals surface area (Å²) in [6.07, 6.45) is 2.61. The quantitative estimate of drug-likeness (QED) is 0.667. The van der Waals surface area contributed by atoms with Crippen LogP contribution < -0.4 is 5.32 Å². The molecule has 1 heterocycles. The summed E-state index contributed by atoms with van der Waals surface area (Å²) in [5, 5.41) is 3.51. The monoisotopic (exact) mass is 161 g/mol. The van der Waals surface area contributed by atoms with Crippen molar-refractivity contribution in [2.24, 2.45) is 0 Å². The molecule has 0 aromatic heterocycles. The molecule has 0 unspecified atom stereocenters. The summed E-state index contributed by atoms with van der Waals surface area (Å²) < 4.78 is 0. The Labute approximate surface area is 73.8 Å². The van der Waals surface area contributed by atoms with Crippen molar-refractivity contribution in [1.29, 1.82) is 0 Å². The Morgan fingerprint density at radius 2 is 2.17 bits per heavy atom. The molecule has 1 aliphatic heterocycles. The van der Waals surface area contributed by atoms with Gasteiger partial charge < -0.3 is 5.32 Å². The molecule has 0 amide bonds. The zero-order chi connectivity index (χ0) is 8.39. The van der Waals surface area contributed by atoms with Gasteiger partial charge >= 0.3 is 0 Å². The van der Waals surface area contributed by atoms with Gasteiger partial charge in [-0.1, -0.05) is 24.3 Å². The van der Waals surface area contributed by atoms with Gasteiger partial charge in [-0.15, -0.1) is 0 Å². The molecule has 0 saturated carbocycles. The van der Waals surface area contributed by atoms with Gasteiger partial charge in [0, 0.05) is 6.04 Å². The highest BCUT2D eigenvalue weighted by Crippen LogP contribution is 2.24. The summed E-state index contributed by atoms with van der Waals surface area (Å²) >= 11 is 0. The molecule has 12 heavy (non-hydrogen) atoms. The van der Waals surface area contributed by atoms with E-state index in [1.165, 1.54) is 30.5 Å². The predicted molar refractivity (Wildman–Crippen MR) is 51.2 cm³/mol. The summed E-state index contributed by atoms with van der Waals surface area (Å²) in [7, 11) is 0. The fourth-order valence-electron chi connectivity index (χ4n) is 1.93. The molecule has 1 atom stereocenters. The Hall–Kier alpha value is -0.820. The molecule has 1 nitrogen and oxygen atoms in total. The van der Waals surface area contributed by atoms with E-state index in [-0.39, 0.29) is 0 Å². The van der Waals surface area contributed by atoms with Gasteiger partial charge in [-0.2, -0.15) is 0 Å². The van der Waals surface area contributed by atoms with Gasteiger partial charge in [-0.3, -0.25) is 0 Å². The molecular formula is C11H15N. The molecule has 0 radical (unpaired) electrons. The van der Waals surface area contributed by atoms with E-state index in [9.17, 15) is 0 Å². The smallest absolute Gasteiger partial charge is 0.0323 e. The van der Waals surface area contributed by atoms with Crippen LogP contribution in [0.5, 0.6) is 0 Å². The highest BCUT2D eigenvalue weighted by Gasteiger charge is 2.16. The van der Waals surface area contributed by atoms with Crippen molar-refractivity contribution in [1.82, 2.24) is 5.32 Å². The molecule has 1 aliphatic rings. The lowest BCUT2D eigenvalue weighted by molar-refractivity contribution is 0.644. The maximum Gasteiger partial charge on any atom is 0.0323 e. The number of hydrogen-bond acceptors (Lipinski definition) is 1. The summed E-state index contributed by atoms with van der Waals surface area (Å²) in [5.41, 5.74) is 2.90. The number of benzene rings is 1. The number of aryl methyl sites for hydroxylation is 1. The molecule has 1 saturated heterocycles. The van der Waals surface area contributed by atoms with Crippen molar-refractivity contribution >= 4 is 0 Å². The first-order valence-corrected chi connectivity index (χ1v) is 4.67. The van der Waals surface area contributed by atoms with Crippen molar-refractivity contribution in [3.05, 3.63) is 35.4 Å². The molecule has 1 aromatic rings. The molecule has 1 heteroatoms. The van der Waals surface area contributed by atoms with Crippen LogP contribution in [0, 0.1) is 6.92 Å². The fraction of sp³-hybridized carbons (Fsp3) is 0.455. The maximum absolute atomic E-state index is 3.51. The van der Waals surface area contributed by atoms with Crippen molar-refractivity contribution < 1.29 is 0 Å². The molecular weight excluding hydrogens is 146 g/mol. The minimum absolute atomic E-state index is 0.617. The standard InChI is InChI=1S/C11H15N/c1-9-5-2-3-6-10(9)11-7-4-8-12-11/h2-3,5-6,11-12H,4,7-8H2,1H3/t11-/m1/s1. The molecule has 0 spiro atoms. The molecule has 64 valence electrons. The Kier molecular flexibility index (Phi) is 2.13. The second-order valence-electron chi connectivity index (χ2n) is 3.51. The van der Waals surface area contributed by atoms with E-state index < -0.39 is 0 Å². The summed E-state index contributed by atoms with van der Waals surface area (Å²) in [6.45, 7) is 3.37. The lowest BCUT2D eigenvalue weighted by Gasteiger charge is -2.12. The van der Waals surface area contributed by atoms with Crippen LogP contribution in [0.25, 0.3) is 0 Å². The highest BCUT2D eigenvalue weighted by molar-refractivity contribution is 5.29. The second-order valence-corrected chi connectivity index (χ2v) is 3.51. The van der Waals surface area contributed by atoms with E-state index in [1.807, 2.05) is 0 Å². The van der Waals surface area contributed by atoms with Gasteiger partial charge in [0.05, 0.1) is 0 Å². The number of nitrogens with one attached hydrogen (secondary N) is 1. The summed E-state index contributed by atoms with van der Waals surface area (Å²) in [5.74, 6) is 0. The van der Waals surface area contributed by atoms with Crippen LogP contribution in [0.15, 0.2) is 24.3 Å². The van der Waals surface area contributed by atoms with Crippen LogP contribution in [0.4, 0.5) is 0 Å². The first-order valence-electron chi connectivity index (χ1n) is 4.67. The molecule has 1 fully saturated rings. The van der Waals surface area contributed by atoms with Crippen molar-refractivity contribution in [2.75, 3.05) is 6.54 Å². The average Bonchev–Trinajstić information content (AvgIpc) is 2.57. The molecule has 1 N–H and O–H groups in total. The Bertz CT molecular complexity index is 261. The fourth-order valence-corrected chi connectivity index (χ4v) is 1.93. The van der Waals surface area contributed by atoms with Crippen molar-refractivity contribution in [2.45, 2.75) is 25.8 Å². The van der Waals surface area contributed by atoms with E-state index in [1.54, 1.807) is 0 Å². The van der Waals surface area contributed by atoms with E-state index in [0.717, 1.165) is 0 Å². The van der Waals surface area contributed by atoms with Crippen molar-refractivity contribution in [3.63, 3.8) is 0 Å². The second kappa shape index (κ2) is 3.28. The van der Waals surface area contributed by atoms with E-state index in [0.29, 0.717) is 6.04 Å². The first-order chi connectivity index (χ1) is 5.88. The zero-order valence-electron chi connectivity index (χ0n) is 7.51. The van der Waals surface area contributed by atoms with E-state index in [2.05, 4.69) is 36.5 Å². The average molecular weight is 161 g/mol. The molecule has 1 aromatic carbocycles. The molecule has 0 aliphatic carbocycles. The molecule has 0 bridgehead atoms. The largest absolute Gasteiger partial charge is 0.310 e. The maximum atomic E-state index is 3.51. The third kappa shape index (κ3) is 1.37. The van der Waals surface area contributed by atoms with Gasteiger partial charge in [-0.05, 0) is 37.4 Å². The third-order valence-electron chi connectivity index (χ3n) is 2.62. The highest BCUT2D eigenvalue weighted by atomic mass is 14.9. The Balaban J connectivity index is 2.26. The first kappa shape index (κ1) is 7.81. The SMILES string of the molecule is Cc1ccccc1[C@H]1CCCN1. The molecule has 2 rings (SSSR count). The van der Waals surface area contributed by atoms with Gasteiger partial charge in [0.2, 0.25) is 0 Å². The Morgan fingerprint density at radius 1 is 1.33 bits per heavy atom. The van der Waals surface area contributed by atoms with Crippen LogP contribution in [-0.4, -0.2) is 6.54 Å². The predicted octanol–water partition coefficient (Wildman–Crippen LogP) is 2.42. The summed E-state index contributed by atoms with van der Waals surface area (Å²) in [4.78, 5) is 0. The van der Waals surface area contributed by atoms with Crippen LogP contribution in [0.3, 0.4) is 0 Å². The number of hydrogen-bond donors (Lipinski definition) is 1. The zero-order valence-corrected chi connectivity index (χ0v) is 7.51. The minimum atomic E-state index is 0.617. The summed E-state index contributed by atoms with van der Waals surface area (Å²) in [6, 6.07) is 9.27. The van der Waals surface area contributed by atoms with Crippen LogP contribution in [0.2, 0.25) is 0 Å². The third-order valence-corrected chi connectivity index (χ3v) is 2.62. The van der Waals surface area contributed by atoms with E-state index >= 15 is 0 Å². The lowest BCUT2D eigenvalue weighted by Crippen LogP contribution is -2.13. The van der Waals surface area contributed by atoms with E-state index in [4.69, 9.17) is 0 Å². The topological polar surface area (TPSA) is 12.0 Å². The normalized spacial score (nSPS) is 22.9. The lowest BCUT2D eigenvalue weighted by atomic mass is 10.0. The number of rotatable bonds is 1. The van der Waals surface area contributed by atoms with Crippen LogP contribution in [-0.2, 0) is 0 Å². The Morgan fingerprint density at radius 3 is 2.83 bits per heavy atom. The van der Waals surface area contributed by atoms with Crippen LogP contribution in [0.1, 0.15) is 30.0 Å². The van der Waals surface area contributed by atoms with Crippen molar-refractivity contribution in [3.8, 4) is 0 Å². The van der Waals surface area contributed by atoms with Gasteiger partial charge in [0.25, 0.3) is 0 Å². The van der Waals surface area contributed by atoms with Gasteiger partial charge in [0.1, 0.15) is 0 Å². The minimum Gasteiger partial charge on any atom is -0.310 e.